The fraction of sp³-hybridized carbons (Fsp3) is 0.158. The van der Waals surface area contributed by atoms with Crippen molar-refractivity contribution < 1.29 is 32.6 Å². The number of aryl methyl sites for hydroxylation is 1. The number of halogens is 3. The molecule has 0 aliphatic rings. The quantitative estimate of drug-likeness (QED) is 0.398. The fourth-order valence-electron chi connectivity index (χ4n) is 2.96. The highest BCUT2D eigenvalue weighted by Crippen LogP contribution is 2.33. The zero-order valence-electron chi connectivity index (χ0n) is 16.2. The van der Waals surface area contributed by atoms with Crippen LogP contribution in [0.25, 0.3) is 21.3 Å². The molecule has 2 aromatic heterocycles. The van der Waals surface area contributed by atoms with E-state index in [0.29, 0.717) is 32.3 Å². The number of amides is 1. The highest BCUT2D eigenvalue weighted by molar-refractivity contribution is 7.22. The number of carbonyl (C=O) groups is 2. The number of fused-ring (bicyclic) bond motifs is 2. The summed E-state index contributed by atoms with van der Waals surface area (Å²) in [5, 5.41) is 14.4. The molecule has 2 heterocycles. The van der Waals surface area contributed by atoms with E-state index >= 15 is 0 Å². The molecule has 4 rings (SSSR count). The first-order valence-corrected chi connectivity index (χ1v) is 9.80. The normalized spacial score (nSPS) is 11.6. The Morgan fingerprint density at radius 3 is 2.66 bits per heavy atom. The van der Waals surface area contributed by atoms with Crippen LogP contribution in [-0.4, -0.2) is 44.4 Å². The molecule has 1 amide bonds. The number of aliphatic carboxylic acids is 1. The maximum atomic E-state index is 12.4. The Morgan fingerprint density at radius 2 is 1.94 bits per heavy atom. The van der Waals surface area contributed by atoms with Crippen LogP contribution in [0.2, 0.25) is 0 Å². The van der Waals surface area contributed by atoms with Crippen LogP contribution < -0.4 is 15.4 Å². The fourth-order valence-corrected chi connectivity index (χ4v) is 3.85. The molecule has 166 valence electrons. The number of hydrogen-bond acceptors (Lipinski definition) is 7. The van der Waals surface area contributed by atoms with Crippen LogP contribution in [0.5, 0.6) is 5.75 Å². The van der Waals surface area contributed by atoms with Crippen LogP contribution in [-0.2, 0) is 11.8 Å². The Hall–Kier alpha value is -3.87. The number of aromatic nitrogens is 3. The molecule has 0 saturated heterocycles. The molecule has 0 atom stereocenters. The molecular weight excluding hydrogens is 451 g/mol. The number of nitrogens with zero attached hydrogens (tertiary/aromatic N) is 3. The minimum atomic E-state index is -4.78. The molecule has 0 saturated carbocycles. The number of imidazole rings is 1. The third kappa shape index (κ3) is 4.56. The van der Waals surface area contributed by atoms with Gasteiger partial charge in [-0.05, 0) is 30.3 Å². The number of thiazole rings is 1. The zero-order valence-corrected chi connectivity index (χ0v) is 17.0. The smallest absolute Gasteiger partial charge is 0.480 e. The minimum Gasteiger partial charge on any atom is -0.480 e. The zero-order chi connectivity index (χ0) is 23.0. The topological polar surface area (TPSA) is 118 Å². The lowest BCUT2D eigenvalue weighted by Crippen LogP contribution is -2.29. The van der Waals surface area contributed by atoms with Crippen LogP contribution in [0.15, 0.2) is 36.4 Å². The van der Waals surface area contributed by atoms with Crippen molar-refractivity contribution in [3.05, 3.63) is 42.0 Å². The van der Waals surface area contributed by atoms with Gasteiger partial charge in [0, 0.05) is 18.7 Å². The summed E-state index contributed by atoms with van der Waals surface area (Å²) < 4.78 is 43.4. The van der Waals surface area contributed by atoms with Gasteiger partial charge in [0.05, 0.1) is 21.3 Å². The van der Waals surface area contributed by atoms with Gasteiger partial charge in [0.1, 0.15) is 12.3 Å². The molecule has 0 fully saturated rings. The van der Waals surface area contributed by atoms with Crippen LogP contribution in [0.1, 0.15) is 10.4 Å². The maximum Gasteiger partial charge on any atom is 0.573 e. The first-order chi connectivity index (χ1) is 15.1. The molecule has 0 aliphatic carbocycles. The van der Waals surface area contributed by atoms with Crippen molar-refractivity contribution in [2.24, 2.45) is 7.05 Å². The average molecular weight is 465 g/mol. The number of rotatable bonds is 6. The van der Waals surface area contributed by atoms with Crippen molar-refractivity contribution in [2.45, 2.75) is 6.36 Å². The van der Waals surface area contributed by atoms with E-state index in [2.05, 4.69) is 25.3 Å². The predicted molar refractivity (Wildman–Crippen MR) is 110 cm³/mol. The summed E-state index contributed by atoms with van der Waals surface area (Å²) in [6, 6.07) is 8.60. The lowest BCUT2D eigenvalue weighted by atomic mass is 10.2. The number of carbonyl (C=O) groups excluding carboxylic acids is 1. The van der Waals surface area contributed by atoms with Gasteiger partial charge in [-0.25, -0.2) is 9.97 Å². The Labute approximate surface area is 181 Å². The van der Waals surface area contributed by atoms with Gasteiger partial charge in [0.25, 0.3) is 5.91 Å². The number of nitrogens with one attached hydrogen (secondary N) is 2. The van der Waals surface area contributed by atoms with Gasteiger partial charge in [-0.3, -0.25) is 9.59 Å². The molecule has 3 N–H and O–H groups in total. The largest absolute Gasteiger partial charge is 0.573 e. The van der Waals surface area contributed by atoms with E-state index in [4.69, 9.17) is 5.11 Å². The highest BCUT2D eigenvalue weighted by atomic mass is 32.1. The van der Waals surface area contributed by atoms with Crippen molar-refractivity contribution in [1.29, 1.82) is 0 Å². The van der Waals surface area contributed by atoms with Crippen molar-refractivity contribution in [3.63, 3.8) is 0 Å². The SMILES string of the molecule is Cn1c(Nc2nc3ccc(OC(F)(F)F)cc3s2)nc2cc(C(=O)NCC(=O)O)ccc21. The second kappa shape index (κ2) is 8.00. The van der Waals surface area contributed by atoms with Crippen LogP contribution in [0.4, 0.5) is 24.3 Å². The van der Waals surface area contributed by atoms with E-state index < -0.39 is 24.8 Å². The van der Waals surface area contributed by atoms with Crippen molar-refractivity contribution in [1.82, 2.24) is 19.9 Å². The number of carboxylic acid groups (broad SMARTS) is 1. The van der Waals surface area contributed by atoms with Gasteiger partial charge in [0.2, 0.25) is 5.95 Å². The third-order valence-electron chi connectivity index (χ3n) is 4.36. The number of hydrogen-bond donors (Lipinski definition) is 3. The first kappa shape index (κ1) is 21.4. The lowest BCUT2D eigenvalue weighted by Gasteiger charge is -2.07. The molecule has 2 aromatic carbocycles. The Morgan fingerprint density at radius 1 is 1.16 bits per heavy atom. The number of carboxylic acids is 1. The van der Waals surface area contributed by atoms with E-state index in [1.165, 1.54) is 24.3 Å². The molecule has 0 aliphatic heterocycles. The van der Waals surface area contributed by atoms with Gasteiger partial charge < -0.3 is 25.0 Å². The van der Waals surface area contributed by atoms with Gasteiger partial charge in [-0.1, -0.05) is 11.3 Å². The molecule has 9 nitrogen and oxygen atoms in total. The van der Waals surface area contributed by atoms with Crippen molar-refractivity contribution in [2.75, 3.05) is 11.9 Å². The number of anilines is 2. The maximum absolute atomic E-state index is 12.4. The summed E-state index contributed by atoms with van der Waals surface area (Å²) in [6.07, 6.45) is -4.78. The highest BCUT2D eigenvalue weighted by Gasteiger charge is 2.31. The number of alkyl halides is 3. The van der Waals surface area contributed by atoms with Crippen LogP contribution in [0, 0.1) is 0 Å². The molecular formula is C19H14F3N5O4S. The van der Waals surface area contributed by atoms with E-state index in [1.54, 1.807) is 23.7 Å². The van der Waals surface area contributed by atoms with Crippen molar-refractivity contribution in [3.8, 4) is 5.75 Å². The summed E-state index contributed by atoms with van der Waals surface area (Å²) in [7, 11) is 1.74. The predicted octanol–water partition coefficient (Wildman–Crippen LogP) is 3.64. The summed E-state index contributed by atoms with van der Waals surface area (Å²) >= 11 is 1.13. The van der Waals surface area contributed by atoms with Crippen LogP contribution >= 0.6 is 11.3 Å². The van der Waals surface area contributed by atoms with E-state index in [-0.39, 0.29) is 11.3 Å². The lowest BCUT2D eigenvalue weighted by molar-refractivity contribution is -0.274. The second-order valence-electron chi connectivity index (χ2n) is 6.60. The first-order valence-electron chi connectivity index (χ1n) is 8.99. The third-order valence-corrected chi connectivity index (χ3v) is 5.29. The monoisotopic (exact) mass is 465 g/mol. The summed E-state index contributed by atoms with van der Waals surface area (Å²) in [5.41, 5.74) is 1.92. The van der Waals surface area contributed by atoms with Crippen molar-refractivity contribution >= 4 is 55.5 Å². The van der Waals surface area contributed by atoms with E-state index in [9.17, 15) is 22.8 Å². The summed E-state index contributed by atoms with van der Waals surface area (Å²) in [4.78, 5) is 31.5. The number of ether oxygens (including phenoxy) is 1. The van der Waals surface area contributed by atoms with Gasteiger partial charge in [-0.15, -0.1) is 13.2 Å². The van der Waals surface area contributed by atoms with Gasteiger partial charge in [-0.2, -0.15) is 0 Å². The molecule has 0 bridgehead atoms. The molecule has 0 spiro atoms. The summed E-state index contributed by atoms with van der Waals surface area (Å²) in [6.45, 7) is -0.501. The van der Waals surface area contributed by atoms with Crippen LogP contribution in [0.3, 0.4) is 0 Å². The average Bonchev–Trinajstić information content (AvgIpc) is 3.24. The molecule has 0 unspecified atom stereocenters. The second-order valence-corrected chi connectivity index (χ2v) is 7.63. The van der Waals surface area contributed by atoms with Gasteiger partial charge >= 0.3 is 12.3 Å². The Kier molecular flexibility index (Phi) is 5.34. The molecule has 13 heteroatoms. The number of benzene rings is 2. The summed E-state index contributed by atoms with van der Waals surface area (Å²) in [5.74, 6) is -1.64. The molecule has 4 aromatic rings. The standard InChI is InChI=1S/C19H14F3N5O4S/c1-27-13-5-2-9(16(30)23-8-15(28)29)6-12(13)24-17(27)26-18-25-11-4-3-10(7-14(11)32-18)31-19(20,21)22/h2-7H,8H2,1H3,(H,23,30)(H,28,29)(H,24,25,26). The van der Waals surface area contributed by atoms with E-state index in [1.807, 2.05) is 0 Å². The van der Waals surface area contributed by atoms with E-state index in [0.717, 1.165) is 11.3 Å². The van der Waals surface area contributed by atoms with Gasteiger partial charge in [0.15, 0.2) is 5.13 Å². The Bertz CT molecular complexity index is 1350. The molecule has 32 heavy (non-hydrogen) atoms. The minimum absolute atomic E-state index is 0.251. The molecule has 0 radical (unpaired) electrons. The Balaban J connectivity index is 1.58.